The summed E-state index contributed by atoms with van der Waals surface area (Å²) in [5, 5.41) is 0. The van der Waals surface area contributed by atoms with Crippen LogP contribution in [0.4, 0.5) is 0 Å². The van der Waals surface area contributed by atoms with Crippen LogP contribution < -0.4 is 0 Å². The molecule has 0 spiro atoms. The molecule has 0 heterocycles. The quantitative estimate of drug-likeness (QED) is 0.460. The maximum absolute atomic E-state index is 3.24. The zero-order chi connectivity index (χ0) is 8.32. The first-order valence-electron chi connectivity index (χ1n) is 3.91. The fourth-order valence-corrected chi connectivity index (χ4v) is 0.924. The van der Waals surface area contributed by atoms with Crippen LogP contribution in [0.1, 0.15) is 20.8 Å². The molecule has 0 fully saturated rings. The van der Waals surface area contributed by atoms with Gasteiger partial charge in [0.05, 0.1) is 0 Å². The van der Waals surface area contributed by atoms with E-state index in [0.29, 0.717) is 0 Å². The third kappa shape index (κ3) is 2.25. The van der Waals surface area contributed by atoms with Gasteiger partial charge < -0.3 is 0 Å². The van der Waals surface area contributed by atoms with Gasteiger partial charge in [0.25, 0.3) is 0 Å². The summed E-state index contributed by atoms with van der Waals surface area (Å²) in [6.45, 7) is 6.58. The molecule has 11 heavy (non-hydrogen) atoms. The second-order valence-corrected chi connectivity index (χ2v) is 3.72. The van der Waals surface area contributed by atoms with Gasteiger partial charge in [-0.05, 0) is 17.1 Å². The highest BCUT2D eigenvalue weighted by Gasteiger charge is 2.13. The Morgan fingerprint density at radius 1 is 1.09 bits per heavy atom. The highest BCUT2D eigenvalue weighted by atomic mass is 14.2. The first-order chi connectivity index (χ1) is 5.11. The molecule has 1 aliphatic rings. The molecule has 0 radical (unpaired) electrons. The Morgan fingerprint density at radius 2 is 1.82 bits per heavy atom. The first kappa shape index (κ1) is 8.10. The fraction of sp³-hybridized carbons (Fsp3) is 0.364. The van der Waals surface area contributed by atoms with Crippen molar-refractivity contribution in [2.45, 2.75) is 20.8 Å². The average Bonchev–Trinajstić information content (AvgIpc) is 2.10. The van der Waals surface area contributed by atoms with Crippen molar-refractivity contribution in [3.05, 3.63) is 41.7 Å². The number of rotatable bonds is 0. The maximum Gasteiger partial charge on any atom is -0.000674 e. The Kier molecular flexibility index (Phi) is 2.16. The van der Waals surface area contributed by atoms with Crippen LogP contribution in [0.2, 0.25) is 0 Å². The summed E-state index contributed by atoms with van der Waals surface area (Å²) < 4.78 is 0. The van der Waals surface area contributed by atoms with Gasteiger partial charge in [-0.3, -0.25) is 0 Å². The predicted octanol–water partition coefficient (Wildman–Crippen LogP) is 3.24. The van der Waals surface area contributed by atoms with Crippen molar-refractivity contribution in [2.24, 2.45) is 5.41 Å². The van der Waals surface area contributed by atoms with Crippen molar-refractivity contribution >= 4 is 0 Å². The van der Waals surface area contributed by atoms with Crippen LogP contribution in [0, 0.1) is 5.41 Å². The van der Waals surface area contributed by atoms with Crippen molar-refractivity contribution in [1.82, 2.24) is 0 Å². The third-order valence-corrected chi connectivity index (χ3v) is 1.63. The summed E-state index contributed by atoms with van der Waals surface area (Å²) in [5.41, 5.74) is 4.70. The molecule has 0 saturated carbocycles. The molecule has 0 saturated heterocycles. The molecule has 0 aliphatic heterocycles. The summed E-state index contributed by atoms with van der Waals surface area (Å²) in [4.78, 5) is 0. The monoisotopic (exact) mass is 146 g/mol. The molecule has 0 aromatic rings. The zero-order valence-corrected chi connectivity index (χ0v) is 7.39. The lowest BCUT2D eigenvalue weighted by Gasteiger charge is -2.17. The smallest absolute Gasteiger partial charge is 0.000674 e. The predicted molar refractivity (Wildman–Crippen MR) is 49.3 cm³/mol. The van der Waals surface area contributed by atoms with E-state index < -0.39 is 0 Å². The maximum atomic E-state index is 3.24. The molecule has 0 aromatic carbocycles. The van der Waals surface area contributed by atoms with Gasteiger partial charge in [-0.2, -0.15) is 0 Å². The van der Waals surface area contributed by atoms with Crippen molar-refractivity contribution in [2.75, 3.05) is 0 Å². The SMILES string of the molecule is CC(C)(C)C1=C=CC=CC=C1. The summed E-state index contributed by atoms with van der Waals surface area (Å²) in [6, 6.07) is 0. The number of hydrogen-bond acceptors (Lipinski definition) is 0. The highest BCUT2D eigenvalue weighted by molar-refractivity contribution is 5.31. The van der Waals surface area contributed by atoms with Gasteiger partial charge in [-0.1, -0.05) is 45.1 Å². The van der Waals surface area contributed by atoms with Crippen LogP contribution in [-0.2, 0) is 0 Å². The van der Waals surface area contributed by atoms with Crippen molar-refractivity contribution in [1.29, 1.82) is 0 Å². The van der Waals surface area contributed by atoms with E-state index in [1.807, 2.05) is 18.2 Å². The van der Waals surface area contributed by atoms with Crippen LogP contribution in [-0.4, -0.2) is 0 Å². The average molecular weight is 146 g/mol. The summed E-state index contributed by atoms with van der Waals surface area (Å²) >= 11 is 0. The third-order valence-electron chi connectivity index (χ3n) is 1.63. The van der Waals surface area contributed by atoms with Crippen molar-refractivity contribution in [3.63, 3.8) is 0 Å². The Labute approximate surface area is 68.6 Å². The molecular formula is C11H14. The molecule has 0 aromatic heterocycles. The Bertz CT molecular complexity index is 250. The molecule has 0 heteroatoms. The van der Waals surface area contributed by atoms with Crippen LogP contribution in [0.25, 0.3) is 0 Å². The molecule has 0 N–H and O–H groups in total. The number of allylic oxidation sites excluding steroid dienone is 5. The second kappa shape index (κ2) is 2.94. The van der Waals surface area contributed by atoms with Crippen molar-refractivity contribution in [3.8, 4) is 0 Å². The van der Waals surface area contributed by atoms with Crippen molar-refractivity contribution < 1.29 is 0 Å². The molecular weight excluding hydrogens is 132 g/mol. The van der Waals surface area contributed by atoms with E-state index in [0.717, 1.165) is 0 Å². The van der Waals surface area contributed by atoms with E-state index in [1.54, 1.807) is 0 Å². The van der Waals surface area contributed by atoms with Gasteiger partial charge in [-0.15, -0.1) is 5.73 Å². The zero-order valence-electron chi connectivity index (χ0n) is 7.39. The van der Waals surface area contributed by atoms with E-state index in [9.17, 15) is 0 Å². The van der Waals surface area contributed by atoms with Crippen LogP contribution in [0.3, 0.4) is 0 Å². The Hall–Kier alpha value is -1.00. The van der Waals surface area contributed by atoms with E-state index >= 15 is 0 Å². The summed E-state index contributed by atoms with van der Waals surface area (Å²) in [5.74, 6) is 0. The van der Waals surface area contributed by atoms with E-state index in [2.05, 4.69) is 38.7 Å². The summed E-state index contributed by atoms with van der Waals surface area (Å²) in [6.07, 6.45) is 10.1. The van der Waals surface area contributed by atoms with E-state index in [-0.39, 0.29) is 5.41 Å². The lowest BCUT2D eigenvalue weighted by molar-refractivity contribution is 0.518. The highest BCUT2D eigenvalue weighted by Crippen LogP contribution is 2.25. The van der Waals surface area contributed by atoms with E-state index in [1.165, 1.54) is 5.57 Å². The number of hydrogen-bond donors (Lipinski definition) is 0. The fourth-order valence-electron chi connectivity index (χ4n) is 0.924. The Morgan fingerprint density at radius 3 is 2.45 bits per heavy atom. The summed E-state index contributed by atoms with van der Waals surface area (Å²) in [7, 11) is 0. The largest absolute Gasteiger partial charge is 0.117 e. The topological polar surface area (TPSA) is 0 Å². The minimum atomic E-state index is 0.207. The van der Waals surface area contributed by atoms with Crippen LogP contribution in [0.5, 0.6) is 0 Å². The molecule has 1 rings (SSSR count). The molecule has 0 bridgehead atoms. The molecule has 58 valence electrons. The van der Waals surface area contributed by atoms with E-state index in [4.69, 9.17) is 0 Å². The first-order valence-corrected chi connectivity index (χ1v) is 3.91. The van der Waals surface area contributed by atoms with Gasteiger partial charge in [0.15, 0.2) is 0 Å². The van der Waals surface area contributed by atoms with Gasteiger partial charge >= 0.3 is 0 Å². The van der Waals surface area contributed by atoms with Gasteiger partial charge in [-0.25, -0.2) is 0 Å². The standard InChI is InChI=1S/C11H14/c1-11(2,3)10-8-6-4-5-7-9-10/h4-8H,1-3H3. The van der Waals surface area contributed by atoms with Gasteiger partial charge in [0, 0.05) is 0 Å². The Balaban J connectivity index is 2.99. The minimum Gasteiger partial charge on any atom is -0.117 e. The lowest BCUT2D eigenvalue weighted by Crippen LogP contribution is -2.06. The van der Waals surface area contributed by atoms with Gasteiger partial charge in [0.2, 0.25) is 0 Å². The second-order valence-electron chi connectivity index (χ2n) is 3.72. The van der Waals surface area contributed by atoms with Crippen LogP contribution in [0.15, 0.2) is 41.7 Å². The molecule has 0 amide bonds. The lowest BCUT2D eigenvalue weighted by atomic mass is 9.87. The van der Waals surface area contributed by atoms with Crippen LogP contribution >= 0.6 is 0 Å². The molecule has 0 nitrogen and oxygen atoms in total. The molecule has 0 unspecified atom stereocenters. The van der Waals surface area contributed by atoms with Gasteiger partial charge in [0.1, 0.15) is 0 Å². The molecule has 0 atom stereocenters. The molecule has 1 aliphatic carbocycles. The normalized spacial score (nSPS) is 16.5. The minimum absolute atomic E-state index is 0.207.